The molecule has 0 bridgehead atoms. The van der Waals surface area contributed by atoms with E-state index in [2.05, 4.69) is 5.32 Å². The van der Waals surface area contributed by atoms with Gasteiger partial charge in [-0.05, 0) is 36.9 Å². The van der Waals surface area contributed by atoms with Crippen LogP contribution in [0.4, 0.5) is 8.78 Å². The van der Waals surface area contributed by atoms with E-state index in [-0.39, 0.29) is 6.04 Å². The van der Waals surface area contributed by atoms with Crippen molar-refractivity contribution in [2.75, 3.05) is 7.05 Å². The maximum Gasteiger partial charge on any atom is 0.159 e. The number of nitrogens with one attached hydrogen (secondary N) is 1. The smallest absolute Gasteiger partial charge is 0.159 e. The third-order valence-electron chi connectivity index (χ3n) is 2.73. The van der Waals surface area contributed by atoms with Gasteiger partial charge in [-0.15, -0.1) is 11.3 Å². The molecule has 1 aromatic heterocycles. The lowest BCUT2D eigenvalue weighted by Crippen LogP contribution is -2.18. The predicted octanol–water partition coefficient (Wildman–Crippen LogP) is 4.18. The summed E-state index contributed by atoms with van der Waals surface area (Å²) in [6.45, 7) is 0. The second-order valence-corrected chi connectivity index (χ2v) is 5.72. The van der Waals surface area contributed by atoms with Crippen LogP contribution in [0.3, 0.4) is 0 Å². The number of benzene rings is 1. The Bertz CT molecular complexity index is 542. The average Bonchev–Trinajstić information content (AvgIpc) is 2.75. The van der Waals surface area contributed by atoms with Crippen LogP contribution in [0, 0.1) is 11.6 Å². The minimum Gasteiger partial charge on any atom is -0.313 e. The number of rotatable bonds is 4. The SMILES string of the molecule is CNC(Cc1ccc(Cl)s1)c1ccc(F)c(F)c1. The summed E-state index contributed by atoms with van der Waals surface area (Å²) in [4.78, 5) is 1.10. The minimum atomic E-state index is -0.826. The standard InChI is InChI=1S/C13H12ClF2NS/c1-17-12(7-9-3-5-13(14)18-9)8-2-4-10(15)11(16)6-8/h2-6,12,17H,7H2,1H3. The molecule has 0 spiro atoms. The molecule has 0 radical (unpaired) electrons. The Balaban J connectivity index is 2.19. The van der Waals surface area contributed by atoms with E-state index >= 15 is 0 Å². The van der Waals surface area contributed by atoms with Crippen molar-refractivity contribution >= 4 is 22.9 Å². The van der Waals surface area contributed by atoms with Gasteiger partial charge >= 0.3 is 0 Å². The number of thiophene rings is 1. The Morgan fingerprint density at radius 3 is 2.56 bits per heavy atom. The summed E-state index contributed by atoms with van der Waals surface area (Å²) in [6.07, 6.45) is 0.693. The lowest BCUT2D eigenvalue weighted by Gasteiger charge is -2.16. The maximum atomic E-state index is 13.2. The van der Waals surface area contributed by atoms with E-state index < -0.39 is 11.6 Å². The fraction of sp³-hybridized carbons (Fsp3) is 0.231. The molecule has 0 aliphatic carbocycles. The van der Waals surface area contributed by atoms with E-state index in [0.29, 0.717) is 6.42 Å². The van der Waals surface area contributed by atoms with Crippen molar-refractivity contribution in [2.45, 2.75) is 12.5 Å². The predicted molar refractivity (Wildman–Crippen MR) is 71.2 cm³/mol. The summed E-state index contributed by atoms with van der Waals surface area (Å²) in [5.74, 6) is -1.65. The highest BCUT2D eigenvalue weighted by atomic mass is 35.5. The molecule has 18 heavy (non-hydrogen) atoms. The Morgan fingerprint density at radius 1 is 1.22 bits per heavy atom. The van der Waals surface area contributed by atoms with Crippen LogP contribution in [-0.4, -0.2) is 7.05 Å². The van der Waals surface area contributed by atoms with E-state index in [1.807, 2.05) is 12.1 Å². The Hall–Kier alpha value is -0.970. The molecule has 0 fully saturated rings. The zero-order chi connectivity index (χ0) is 13.1. The monoisotopic (exact) mass is 287 g/mol. The molecule has 1 aromatic carbocycles. The van der Waals surface area contributed by atoms with Crippen LogP contribution in [0.2, 0.25) is 4.34 Å². The van der Waals surface area contributed by atoms with Gasteiger partial charge < -0.3 is 5.32 Å². The molecule has 2 rings (SSSR count). The fourth-order valence-corrected chi connectivity index (χ4v) is 2.91. The molecule has 1 atom stereocenters. The van der Waals surface area contributed by atoms with Crippen LogP contribution in [0.15, 0.2) is 30.3 Å². The van der Waals surface area contributed by atoms with Crippen LogP contribution < -0.4 is 5.32 Å². The Kier molecular flexibility index (Phi) is 4.32. The first-order valence-electron chi connectivity index (χ1n) is 5.46. The zero-order valence-electron chi connectivity index (χ0n) is 9.71. The van der Waals surface area contributed by atoms with Crippen LogP contribution in [-0.2, 0) is 6.42 Å². The van der Waals surface area contributed by atoms with Crippen molar-refractivity contribution in [3.05, 3.63) is 56.7 Å². The summed E-state index contributed by atoms with van der Waals surface area (Å²) in [5, 5.41) is 3.10. The summed E-state index contributed by atoms with van der Waals surface area (Å²) in [7, 11) is 1.79. The number of hydrogen-bond acceptors (Lipinski definition) is 2. The number of halogens is 3. The molecule has 0 saturated carbocycles. The molecular formula is C13H12ClF2NS. The quantitative estimate of drug-likeness (QED) is 0.889. The molecule has 0 aliphatic heterocycles. The largest absolute Gasteiger partial charge is 0.313 e. The highest BCUT2D eigenvalue weighted by Crippen LogP contribution is 2.27. The van der Waals surface area contributed by atoms with E-state index in [9.17, 15) is 8.78 Å². The van der Waals surface area contributed by atoms with Crippen molar-refractivity contribution < 1.29 is 8.78 Å². The van der Waals surface area contributed by atoms with Gasteiger partial charge in [0.25, 0.3) is 0 Å². The summed E-state index contributed by atoms with van der Waals surface area (Å²) < 4.78 is 26.8. The van der Waals surface area contributed by atoms with Gasteiger partial charge in [0.1, 0.15) is 0 Å². The Morgan fingerprint density at radius 2 is 2.00 bits per heavy atom. The van der Waals surface area contributed by atoms with E-state index in [4.69, 9.17) is 11.6 Å². The topological polar surface area (TPSA) is 12.0 Å². The molecule has 1 nitrogen and oxygen atoms in total. The molecule has 2 aromatic rings. The van der Waals surface area contributed by atoms with Gasteiger partial charge in [0.15, 0.2) is 11.6 Å². The first-order chi connectivity index (χ1) is 8.60. The second-order valence-electron chi connectivity index (χ2n) is 3.92. The molecule has 5 heteroatoms. The fourth-order valence-electron chi connectivity index (χ4n) is 1.78. The van der Waals surface area contributed by atoms with Crippen LogP contribution >= 0.6 is 22.9 Å². The molecule has 96 valence electrons. The highest BCUT2D eigenvalue weighted by molar-refractivity contribution is 7.16. The van der Waals surface area contributed by atoms with Gasteiger partial charge in [-0.2, -0.15) is 0 Å². The van der Waals surface area contributed by atoms with Crippen LogP contribution in [0.1, 0.15) is 16.5 Å². The van der Waals surface area contributed by atoms with Gasteiger partial charge in [-0.25, -0.2) is 8.78 Å². The molecular weight excluding hydrogens is 276 g/mol. The van der Waals surface area contributed by atoms with Crippen molar-refractivity contribution in [1.82, 2.24) is 5.32 Å². The summed E-state index contributed by atoms with van der Waals surface area (Å²) in [5.41, 5.74) is 0.723. The average molecular weight is 288 g/mol. The van der Waals surface area contributed by atoms with Crippen molar-refractivity contribution in [3.8, 4) is 0 Å². The van der Waals surface area contributed by atoms with Gasteiger partial charge in [0.2, 0.25) is 0 Å². The molecule has 1 heterocycles. The lowest BCUT2D eigenvalue weighted by atomic mass is 10.0. The third-order valence-corrected chi connectivity index (χ3v) is 3.98. The molecule has 1 N–H and O–H groups in total. The number of likely N-dealkylation sites (N-methyl/N-ethyl adjacent to an activating group) is 1. The highest BCUT2D eigenvalue weighted by Gasteiger charge is 2.13. The number of hydrogen-bond donors (Lipinski definition) is 1. The molecule has 1 unspecified atom stereocenters. The van der Waals surface area contributed by atoms with E-state index in [0.717, 1.165) is 20.8 Å². The van der Waals surface area contributed by atoms with Gasteiger partial charge in [-0.1, -0.05) is 17.7 Å². The Labute approximate surface area is 113 Å². The van der Waals surface area contributed by atoms with E-state index in [1.165, 1.54) is 17.4 Å². The molecule has 0 amide bonds. The molecule has 0 saturated heterocycles. The minimum absolute atomic E-state index is 0.0604. The van der Waals surface area contributed by atoms with Crippen molar-refractivity contribution in [2.24, 2.45) is 0 Å². The third kappa shape index (κ3) is 3.07. The van der Waals surface area contributed by atoms with Gasteiger partial charge in [-0.3, -0.25) is 0 Å². The van der Waals surface area contributed by atoms with Crippen LogP contribution in [0.5, 0.6) is 0 Å². The first-order valence-corrected chi connectivity index (χ1v) is 6.66. The van der Waals surface area contributed by atoms with Crippen LogP contribution in [0.25, 0.3) is 0 Å². The lowest BCUT2D eigenvalue weighted by molar-refractivity contribution is 0.501. The van der Waals surface area contributed by atoms with Gasteiger partial charge in [0, 0.05) is 17.3 Å². The van der Waals surface area contributed by atoms with Gasteiger partial charge in [0.05, 0.1) is 4.34 Å². The summed E-state index contributed by atoms with van der Waals surface area (Å²) >= 11 is 7.36. The summed E-state index contributed by atoms with van der Waals surface area (Å²) in [6, 6.07) is 7.68. The van der Waals surface area contributed by atoms with Crippen molar-refractivity contribution in [1.29, 1.82) is 0 Å². The maximum absolute atomic E-state index is 13.2. The van der Waals surface area contributed by atoms with E-state index in [1.54, 1.807) is 13.1 Å². The molecule has 0 aliphatic rings. The first kappa shape index (κ1) is 13.5. The second kappa shape index (κ2) is 5.78. The zero-order valence-corrected chi connectivity index (χ0v) is 11.3. The van der Waals surface area contributed by atoms with Crippen molar-refractivity contribution in [3.63, 3.8) is 0 Å². The normalized spacial score (nSPS) is 12.7.